The summed E-state index contributed by atoms with van der Waals surface area (Å²) < 4.78 is 5.76. The van der Waals surface area contributed by atoms with E-state index in [4.69, 9.17) is 4.74 Å². The summed E-state index contributed by atoms with van der Waals surface area (Å²) >= 11 is 1.95. The van der Waals surface area contributed by atoms with E-state index in [1.54, 1.807) is 0 Å². The third-order valence-electron chi connectivity index (χ3n) is 3.49. The number of thioether (sulfide) groups is 1. The van der Waals surface area contributed by atoms with Gasteiger partial charge >= 0.3 is 0 Å². The second kappa shape index (κ2) is 11.1. The number of nitrogens with zero attached hydrogens (tertiary/aromatic N) is 1. The Morgan fingerprint density at radius 2 is 2.11 bits per heavy atom. The van der Waals surface area contributed by atoms with Gasteiger partial charge in [0, 0.05) is 19.6 Å². The molecular formula is C14H30N2OS. The van der Waals surface area contributed by atoms with Crippen molar-refractivity contribution < 1.29 is 4.74 Å². The van der Waals surface area contributed by atoms with Crippen LogP contribution in [0.3, 0.4) is 0 Å². The Bertz CT molecular complexity index is 193. The van der Waals surface area contributed by atoms with Crippen LogP contribution in [0.25, 0.3) is 0 Å². The highest BCUT2D eigenvalue weighted by atomic mass is 32.2. The Kier molecular flexibility index (Phi) is 10.0. The van der Waals surface area contributed by atoms with Gasteiger partial charge in [0.25, 0.3) is 0 Å². The SMILES string of the molecule is CCN1CCOC(CNCCCCCCSC)C1. The lowest BCUT2D eigenvalue weighted by molar-refractivity contribution is -0.0251. The maximum absolute atomic E-state index is 5.76. The van der Waals surface area contributed by atoms with E-state index in [1.165, 1.54) is 31.4 Å². The van der Waals surface area contributed by atoms with Crippen molar-refractivity contribution in [2.75, 3.05) is 51.3 Å². The molecule has 0 saturated carbocycles. The molecule has 1 heterocycles. The van der Waals surface area contributed by atoms with Gasteiger partial charge in [-0.05, 0) is 37.9 Å². The van der Waals surface area contributed by atoms with E-state index in [2.05, 4.69) is 23.4 Å². The molecule has 0 aromatic rings. The minimum absolute atomic E-state index is 0.398. The fraction of sp³-hybridized carbons (Fsp3) is 1.00. The van der Waals surface area contributed by atoms with E-state index < -0.39 is 0 Å². The highest BCUT2D eigenvalue weighted by Gasteiger charge is 2.18. The second-order valence-corrected chi connectivity index (χ2v) is 5.98. The van der Waals surface area contributed by atoms with Crippen LogP contribution in [0.4, 0.5) is 0 Å². The van der Waals surface area contributed by atoms with Crippen LogP contribution in [0.15, 0.2) is 0 Å². The molecular weight excluding hydrogens is 244 g/mol. The van der Waals surface area contributed by atoms with Crippen LogP contribution in [0.2, 0.25) is 0 Å². The Hall–Kier alpha value is 0.230. The third-order valence-corrected chi connectivity index (χ3v) is 4.19. The van der Waals surface area contributed by atoms with Crippen LogP contribution in [0.5, 0.6) is 0 Å². The van der Waals surface area contributed by atoms with Crippen LogP contribution in [-0.2, 0) is 4.74 Å². The molecule has 1 rings (SSSR count). The Morgan fingerprint density at radius 3 is 2.89 bits per heavy atom. The molecule has 0 bridgehead atoms. The van der Waals surface area contributed by atoms with Crippen LogP contribution < -0.4 is 5.32 Å². The van der Waals surface area contributed by atoms with Gasteiger partial charge in [0.05, 0.1) is 12.7 Å². The first kappa shape index (κ1) is 16.3. The normalized spacial score (nSPS) is 21.3. The molecule has 0 aliphatic carbocycles. The molecule has 0 radical (unpaired) electrons. The molecule has 0 spiro atoms. The van der Waals surface area contributed by atoms with Gasteiger partial charge in [0.2, 0.25) is 0 Å². The molecule has 1 aliphatic heterocycles. The fourth-order valence-corrected chi connectivity index (χ4v) is 2.80. The molecule has 0 aromatic heterocycles. The fourth-order valence-electron chi connectivity index (χ4n) is 2.30. The molecule has 18 heavy (non-hydrogen) atoms. The first-order valence-electron chi connectivity index (χ1n) is 7.40. The zero-order chi connectivity index (χ0) is 13.1. The van der Waals surface area contributed by atoms with Crippen molar-refractivity contribution in [1.82, 2.24) is 10.2 Å². The Balaban J connectivity index is 1.88. The topological polar surface area (TPSA) is 24.5 Å². The number of hydrogen-bond acceptors (Lipinski definition) is 4. The predicted octanol–water partition coefficient (Wildman–Crippen LogP) is 2.22. The van der Waals surface area contributed by atoms with E-state index in [9.17, 15) is 0 Å². The highest BCUT2D eigenvalue weighted by Crippen LogP contribution is 2.05. The maximum atomic E-state index is 5.76. The zero-order valence-corrected chi connectivity index (χ0v) is 12.9. The first-order chi connectivity index (χ1) is 8.86. The van der Waals surface area contributed by atoms with Gasteiger partial charge in [-0.3, -0.25) is 4.90 Å². The van der Waals surface area contributed by atoms with Gasteiger partial charge in [0.1, 0.15) is 0 Å². The molecule has 108 valence electrons. The summed E-state index contributed by atoms with van der Waals surface area (Å²) in [5.74, 6) is 1.32. The predicted molar refractivity (Wildman–Crippen MR) is 81.6 cm³/mol. The number of likely N-dealkylation sites (N-methyl/N-ethyl adjacent to an activating group) is 1. The summed E-state index contributed by atoms with van der Waals surface area (Å²) in [5, 5.41) is 3.53. The zero-order valence-electron chi connectivity index (χ0n) is 12.1. The summed E-state index contributed by atoms with van der Waals surface area (Å²) in [5.41, 5.74) is 0. The summed E-state index contributed by atoms with van der Waals surface area (Å²) in [4.78, 5) is 2.47. The highest BCUT2D eigenvalue weighted by molar-refractivity contribution is 7.98. The summed E-state index contributed by atoms with van der Waals surface area (Å²) in [7, 11) is 0. The molecule has 1 saturated heterocycles. The van der Waals surface area contributed by atoms with Crippen LogP contribution in [0.1, 0.15) is 32.6 Å². The molecule has 1 atom stereocenters. The minimum Gasteiger partial charge on any atom is -0.374 e. The number of rotatable bonds is 10. The lowest BCUT2D eigenvalue weighted by atomic mass is 10.2. The van der Waals surface area contributed by atoms with Crippen molar-refractivity contribution in [1.29, 1.82) is 0 Å². The maximum Gasteiger partial charge on any atom is 0.0826 e. The monoisotopic (exact) mass is 274 g/mol. The van der Waals surface area contributed by atoms with Crippen LogP contribution >= 0.6 is 11.8 Å². The third kappa shape index (κ3) is 7.62. The molecule has 3 nitrogen and oxygen atoms in total. The smallest absolute Gasteiger partial charge is 0.0826 e. The molecule has 1 unspecified atom stereocenters. The summed E-state index contributed by atoms with van der Waals surface area (Å²) in [6, 6.07) is 0. The van der Waals surface area contributed by atoms with Gasteiger partial charge in [-0.2, -0.15) is 11.8 Å². The minimum atomic E-state index is 0.398. The van der Waals surface area contributed by atoms with E-state index in [0.29, 0.717) is 6.10 Å². The molecule has 1 N–H and O–H groups in total. The van der Waals surface area contributed by atoms with Gasteiger partial charge in [0.15, 0.2) is 0 Å². The summed E-state index contributed by atoms with van der Waals surface area (Å²) in [6.45, 7) is 8.63. The van der Waals surface area contributed by atoms with Crippen molar-refractivity contribution in [3.8, 4) is 0 Å². The quantitative estimate of drug-likeness (QED) is 0.617. The average molecular weight is 274 g/mol. The molecule has 4 heteroatoms. The van der Waals surface area contributed by atoms with E-state index in [-0.39, 0.29) is 0 Å². The lowest BCUT2D eigenvalue weighted by Gasteiger charge is -2.32. The number of ether oxygens (including phenoxy) is 1. The van der Waals surface area contributed by atoms with Crippen molar-refractivity contribution >= 4 is 11.8 Å². The van der Waals surface area contributed by atoms with Crippen molar-refractivity contribution in [3.05, 3.63) is 0 Å². The van der Waals surface area contributed by atoms with Gasteiger partial charge in [-0.15, -0.1) is 0 Å². The largest absolute Gasteiger partial charge is 0.374 e. The number of hydrogen-bond donors (Lipinski definition) is 1. The molecule has 1 fully saturated rings. The first-order valence-corrected chi connectivity index (χ1v) is 8.79. The van der Waals surface area contributed by atoms with Crippen LogP contribution in [-0.4, -0.2) is 62.3 Å². The number of morpholine rings is 1. The van der Waals surface area contributed by atoms with Crippen molar-refractivity contribution in [3.63, 3.8) is 0 Å². The van der Waals surface area contributed by atoms with Crippen LogP contribution in [0, 0.1) is 0 Å². The molecule has 0 amide bonds. The Morgan fingerprint density at radius 1 is 1.28 bits per heavy atom. The lowest BCUT2D eigenvalue weighted by Crippen LogP contribution is -2.46. The second-order valence-electron chi connectivity index (χ2n) is 5.00. The van der Waals surface area contributed by atoms with Crippen molar-refractivity contribution in [2.45, 2.75) is 38.7 Å². The molecule has 0 aromatic carbocycles. The van der Waals surface area contributed by atoms with Gasteiger partial charge in [-0.1, -0.05) is 19.8 Å². The van der Waals surface area contributed by atoms with Gasteiger partial charge < -0.3 is 10.1 Å². The average Bonchev–Trinajstić information content (AvgIpc) is 2.42. The van der Waals surface area contributed by atoms with Gasteiger partial charge in [-0.25, -0.2) is 0 Å². The Labute approximate surface area is 117 Å². The van der Waals surface area contributed by atoms with E-state index in [1.807, 2.05) is 11.8 Å². The van der Waals surface area contributed by atoms with E-state index in [0.717, 1.165) is 39.3 Å². The number of nitrogens with one attached hydrogen (secondary N) is 1. The van der Waals surface area contributed by atoms with E-state index >= 15 is 0 Å². The summed E-state index contributed by atoms with van der Waals surface area (Å²) in [6.07, 6.45) is 8.00. The number of unbranched alkanes of at least 4 members (excludes halogenated alkanes) is 3. The molecule has 1 aliphatic rings. The van der Waals surface area contributed by atoms with Crippen molar-refractivity contribution in [2.24, 2.45) is 0 Å². The standard InChI is InChI=1S/C14H30N2OS/c1-3-16-9-10-17-14(13-16)12-15-8-6-4-5-7-11-18-2/h14-15H,3-13H2,1-2H3.